The molecule has 0 radical (unpaired) electrons. The molecular weight excluding hydrogens is 361 g/mol. The van der Waals surface area contributed by atoms with Crippen molar-refractivity contribution in [1.82, 2.24) is 14.2 Å². The molecule has 0 spiro atoms. The zero-order chi connectivity index (χ0) is 19.2. The first-order valence-corrected chi connectivity index (χ1v) is 9.83. The lowest BCUT2D eigenvalue weighted by Crippen LogP contribution is -2.50. The van der Waals surface area contributed by atoms with Crippen LogP contribution in [-0.2, 0) is 13.8 Å². The van der Waals surface area contributed by atoms with Crippen molar-refractivity contribution in [3.8, 4) is 0 Å². The summed E-state index contributed by atoms with van der Waals surface area (Å²) in [7, 11) is -1.36. The van der Waals surface area contributed by atoms with Crippen molar-refractivity contribution >= 4 is 8.53 Å². The first-order chi connectivity index (χ1) is 12.1. The normalized spacial score (nSPS) is 34.7. The van der Waals surface area contributed by atoms with Gasteiger partial charge in [0.15, 0.2) is 6.23 Å². The fraction of sp³-hybridized carbons (Fsp3) is 0.750. The van der Waals surface area contributed by atoms with Gasteiger partial charge < -0.3 is 18.9 Å². The molecule has 2 saturated heterocycles. The fourth-order valence-corrected chi connectivity index (χ4v) is 5.39. The van der Waals surface area contributed by atoms with Crippen LogP contribution < -0.4 is 11.2 Å². The molecule has 10 heteroatoms. The maximum atomic E-state index is 12.1. The molecule has 3 rings (SSSR count). The summed E-state index contributed by atoms with van der Waals surface area (Å²) in [4.78, 5) is 25.6. The molecule has 0 aliphatic carbocycles. The van der Waals surface area contributed by atoms with E-state index in [4.69, 9.17) is 13.8 Å². The van der Waals surface area contributed by atoms with Crippen LogP contribution in [0.15, 0.2) is 21.9 Å². The van der Waals surface area contributed by atoms with E-state index < -0.39 is 43.8 Å². The fourth-order valence-electron chi connectivity index (χ4n) is 3.51. The number of ether oxygens (including phenoxy) is 1. The lowest BCUT2D eigenvalue weighted by molar-refractivity contribution is -0.0926. The first kappa shape index (κ1) is 19.7. The Morgan fingerprint density at radius 1 is 1.35 bits per heavy atom. The Morgan fingerprint density at radius 2 is 2.00 bits per heavy atom. The molecule has 146 valence electrons. The molecule has 2 aliphatic rings. The standard InChI is InChI=1S/C16H26N3O6P/c1-9(2)19(10(3)4)26-23-8-11-13(25-26)16(5,22)14(24-11)18-7-6-12(20)17-15(18)21/h6-7,9-11,13-14,22H,8H2,1-5H3,(H,17,20,21). The molecule has 2 fully saturated rings. The van der Waals surface area contributed by atoms with Gasteiger partial charge in [-0.2, -0.15) is 0 Å². The molecule has 3 heterocycles. The highest BCUT2D eigenvalue weighted by molar-refractivity contribution is 7.44. The minimum Gasteiger partial charge on any atom is -0.383 e. The van der Waals surface area contributed by atoms with Crippen molar-refractivity contribution < 1.29 is 18.9 Å². The zero-order valence-electron chi connectivity index (χ0n) is 15.6. The van der Waals surface area contributed by atoms with Crippen molar-refractivity contribution in [2.75, 3.05) is 6.61 Å². The Bertz CT molecular complexity index is 753. The van der Waals surface area contributed by atoms with Gasteiger partial charge in [0, 0.05) is 24.3 Å². The van der Waals surface area contributed by atoms with Gasteiger partial charge in [-0.1, -0.05) is 0 Å². The van der Waals surface area contributed by atoms with E-state index in [0.717, 1.165) is 0 Å². The average Bonchev–Trinajstić information content (AvgIpc) is 2.78. The van der Waals surface area contributed by atoms with Crippen LogP contribution in [0.3, 0.4) is 0 Å². The second-order valence-corrected chi connectivity index (χ2v) is 8.80. The quantitative estimate of drug-likeness (QED) is 0.741. The summed E-state index contributed by atoms with van der Waals surface area (Å²) in [5.41, 5.74) is -2.61. The molecule has 1 aromatic heterocycles. The van der Waals surface area contributed by atoms with E-state index in [0.29, 0.717) is 0 Å². The Kier molecular flexibility index (Phi) is 5.40. The van der Waals surface area contributed by atoms with Gasteiger partial charge in [0.25, 0.3) is 14.1 Å². The molecule has 0 amide bonds. The number of hydrogen-bond donors (Lipinski definition) is 2. The van der Waals surface area contributed by atoms with Crippen molar-refractivity contribution in [3.05, 3.63) is 33.1 Å². The molecule has 0 aromatic carbocycles. The Hall–Kier alpha value is -1.09. The Labute approximate surface area is 152 Å². The maximum Gasteiger partial charge on any atom is 0.330 e. The van der Waals surface area contributed by atoms with E-state index in [1.165, 1.54) is 16.8 Å². The molecule has 2 aliphatic heterocycles. The Morgan fingerprint density at radius 3 is 2.58 bits per heavy atom. The smallest absolute Gasteiger partial charge is 0.330 e. The van der Waals surface area contributed by atoms with E-state index in [9.17, 15) is 14.7 Å². The van der Waals surface area contributed by atoms with Crippen LogP contribution in [0.1, 0.15) is 40.8 Å². The van der Waals surface area contributed by atoms with Crippen LogP contribution in [0.25, 0.3) is 0 Å². The van der Waals surface area contributed by atoms with Crippen LogP contribution in [0.4, 0.5) is 0 Å². The van der Waals surface area contributed by atoms with E-state index in [1.807, 2.05) is 0 Å². The molecule has 0 saturated carbocycles. The minimum atomic E-state index is -1.46. The van der Waals surface area contributed by atoms with Crippen LogP contribution in [0.5, 0.6) is 0 Å². The summed E-state index contributed by atoms with van der Waals surface area (Å²) in [6.07, 6.45) is -0.817. The number of hydrogen-bond acceptors (Lipinski definition) is 7. The highest BCUT2D eigenvalue weighted by Crippen LogP contribution is 2.55. The first-order valence-electron chi connectivity index (χ1n) is 8.70. The number of aromatic amines is 1. The van der Waals surface area contributed by atoms with Gasteiger partial charge in [0.1, 0.15) is 17.8 Å². The predicted molar refractivity (Wildman–Crippen MR) is 95.7 cm³/mol. The summed E-state index contributed by atoms with van der Waals surface area (Å²) >= 11 is 0. The third kappa shape index (κ3) is 3.40. The molecule has 5 unspecified atom stereocenters. The summed E-state index contributed by atoms with van der Waals surface area (Å²) in [5, 5.41) is 11.1. The maximum absolute atomic E-state index is 12.1. The topological polar surface area (TPSA) is 106 Å². The van der Waals surface area contributed by atoms with Gasteiger partial charge >= 0.3 is 5.69 Å². The molecular formula is C16H26N3O6P. The van der Waals surface area contributed by atoms with Crippen LogP contribution in [0.2, 0.25) is 0 Å². The Balaban J connectivity index is 1.87. The van der Waals surface area contributed by atoms with Gasteiger partial charge in [-0.15, -0.1) is 0 Å². The molecule has 2 N–H and O–H groups in total. The van der Waals surface area contributed by atoms with E-state index in [1.54, 1.807) is 6.92 Å². The van der Waals surface area contributed by atoms with E-state index >= 15 is 0 Å². The summed E-state index contributed by atoms with van der Waals surface area (Å²) in [6.45, 7) is 10.1. The number of aromatic nitrogens is 2. The van der Waals surface area contributed by atoms with E-state index in [-0.39, 0.29) is 18.7 Å². The largest absolute Gasteiger partial charge is 0.383 e. The second kappa shape index (κ2) is 7.14. The number of fused-ring (bicyclic) bond motifs is 1. The highest BCUT2D eigenvalue weighted by Gasteiger charge is 2.58. The number of nitrogens with zero attached hydrogens (tertiary/aromatic N) is 2. The zero-order valence-corrected chi connectivity index (χ0v) is 16.5. The SMILES string of the molecule is CC(C)N(C(C)C)P1OCC2OC(n3ccc(=O)[nH]c3=O)C(C)(O)C2O1. The van der Waals surface area contributed by atoms with Crippen LogP contribution >= 0.6 is 8.53 Å². The van der Waals surface area contributed by atoms with Crippen LogP contribution in [0, 0.1) is 0 Å². The lowest BCUT2D eigenvalue weighted by Gasteiger charge is -2.42. The number of nitrogens with one attached hydrogen (secondary N) is 1. The number of aliphatic hydroxyl groups is 1. The van der Waals surface area contributed by atoms with Gasteiger partial charge in [0.2, 0.25) is 0 Å². The van der Waals surface area contributed by atoms with Crippen molar-refractivity contribution in [2.24, 2.45) is 0 Å². The van der Waals surface area contributed by atoms with Gasteiger partial charge in [0.05, 0.1) is 6.61 Å². The average molecular weight is 387 g/mol. The van der Waals surface area contributed by atoms with Crippen molar-refractivity contribution in [1.29, 1.82) is 0 Å². The minimum absolute atomic E-state index is 0.211. The van der Waals surface area contributed by atoms with Crippen molar-refractivity contribution in [2.45, 2.75) is 70.7 Å². The van der Waals surface area contributed by atoms with Crippen LogP contribution in [-0.4, -0.2) is 55.8 Å². The van der Waals surface area contributed by atoms with Gasteiger partial charge in [-0.25, -0.2) is 9.46 Å². The van der Waals surface area contributed by atoms with Gasteiger partial charge in [-0.3, -0.25) is 14.3 Å². The lowest BCUT2D eigenvalue weighted by atomic mass is 9.96. The van der Waals surface area contributed by atoms with Crippen molar-refractivity contribution in [3.63, 3.8) is 0 Å². The predicted octanol–water partition coefficient (Wildman–Crippen LogP) is 0.946. The molecule has 26 heavy (non-hydrogen) atoms. The second-order valence-electron chi connectivity index (χ2n) is 7.40. The third-order valence-corrected chi connectivity index (χ3v) is 6.70. The third-order valence-electron chi connectivity index (χ3n) is 4.62. The highest BCUT2D eigenvalue weighted by atomic mass is 31.2. The molecule has 0 bridgehead atoms. The number of H-pyrrole nitrogens is 1. The summed E-state index contributed by atoms with van der Waals surface area (Å²) in [5.74, 6) is 0. The summed E-state index contributed by atoms with van der Waals surface area (Å²) in [6, 6.07) is 1.64. The van der Waals surface area contributed by atoms with E-state index in [2.05, 4.69) is 37.3 Å². The summed E-state index contributed by atoms with van der Waals surface area (Å²) < 4.78 is 21.2. The molecule has 5 atom stereocenters. The van der Waals surface area contributed by atoms with Gasteiger partial charge in [-0.05, 0) is 34.6 Å². The molecule has 9 nitrogen and oxygen atoms in total. The monoisotopic (exact) mass is 387 g/mol. The number of rotatable bonds is 4. The molecule has 1 aromatic rings.